The third-order valence-electron chi connectivity index (χ3n) is 3.91. The lowest BCUT2D eigenvalue weighted by Gasteiger charge is -2.44. The maximum atomic E-state index is 12.0. The fraction of sp³-hybridized carbons (Fsp3) is 0.769. The van der Waals surface area contributed by atoms with Crippen LogP contribution in [0.2, 0.25) is 0 Å². The molecular weight excluding hydrogens is 248 g/mol. The maximum Gasteiger partial charge on any atom is 0.244 e. The Morgan fingerprint density at radius 1 is 1.44 bits per heavy atom. The number of fused-ring (bicyclic) bond motifs is 1. The Morgan fingerprint density at radius 3 is 2.83 bits per heavy atom. The normalized spacial score (nSPS) is 33.6. The molecule has 0 aromatic rings. The van der Waals surface area contributed by atoms with E-state index >= 15 is 0 Å². The summed E-state index contributed by atoms with van der Waals surface area (Å²) in [5.41, 5.74) is 0. The number of unbranched alkanes of at least 4 members (excludes halogenated alkanes) is 3. The molecule has 0 radical (unpaired) electrons. The number of carbonyl (C=O) groups excluding carboxylic acids is 2. The molecule has 98 valence electrons. The number of hydrogen-bond donors (Lipinski definition) is 1. The van der Waals surface area contributed by atoms with Gasteiger partial charge in [-0.1, -0.05) is 26.2 Å². The first-order valence-electron chi connectivity index (χ1n) is 6.55. The van der Waals surface area contributed by atoms with Gasteiger partial charge in [0.05, 0.1) is 17.9 Å². The Labute approximate surface area is 111 Å². The zero-order valence-electron chi connectivity index (χ0n) is 10.6. The van der Waals surface area contributed by atoms with Gasteiger partial charge in [0.15, 0.2) is 0 Å². The number of thioether (sulfide) groups is 1. The predicted molar refractivity (Wildman–Crippen MR) is 69.7 cm³/mol. The minimum Gasteiger partial charge on any atom is -0.295 e. The summed E-state index contributed by atoms with van der Waals surface area (Å²) in [4.78, 5) is 23.5. The molecule has 2 fully saturated rings. The number of nitrogens with zero attached hydrogens (tertiary/aromatic N) is 1. The van der Waals surface area contributed by atoms with E-state index in [1.54, 1.807) is 0 Å². The molecule has 5 heteroatoms. The van der Waals surface area contributed by atoms with Crippen LogP contribution < -0.4 is 5.32 Å². The molecule has 4 nitrogen and oxygen atoms in total. The molecule has 1 unspecified atom stereocenters. The second kappa shape index (κ2) is 5.31. The van der Waals surface area contributed by atoms with Crippen LogP contribution in [0.1, 0.15) is 39.0 Å². The van der Waals surface area contributed by atoms with Crippen LogP contribution in [0, 0.1) is 23.2 Å². The molecule has 1 aliphatic heterocycles. The molecule has 0 spiro atoms. The lowest BCUT2D eigenvalue weighted by atomic mass is 9.66. The first-order valence-corrected chi connectivity index (χ1v) is 7.54. The first-order chi connectivity index (χ1) is 8.66. The van der Waals surface area contributed by atoms with Crippen LogP contribution in [-0.4, -0.2) is 22.3 Å². The average molecular weight is 266 g/mol. The molecule has 2 amide bonds. The second-order valence-electron chi connectivity index (χ2n) is 4.99. The van der Waals surface area contributed by atoms with Crippen molar-refractivity contribution in [1.29, 1.82) is 5.26 Å². The Morgan fingerprint density at radius 2 is 2.22 bits per heavy atom. The largest absolute Gasteiger partial charge is 0.295 e. The van der Waals surface area contributed by atoms with Gasteiger partial charge in [-0.2, -0.15) is 5.26 Å². The van der Waals surface area contributed by atoms with E-state index in [-0.39, 0.29) is 23.7 Å². The minimum atomic E-state index is -0.766. The van der Waals surface area contributed by atoms with E-state index < -0.39 is 4.75 Å². The summed E-state index contributed by atoms with van der Waals surface area (Å²) in [6.07, 6.45) is 5.11. The summed E-state index contributed by atoms with van der Waals surface area (Å²) in [5, 5.41) is 11.5. The van der Waals surface area contributed by atoms with Gasteiger partial charge < -0.3 is 0 Å². The van der Waals surface area contributed by atoms with E-state index in [9.17, 15) is 9.59 Å². The number of nitrogens with one attached hydrogen (secondary N) is 1. The van der Waals surface area contributed by atoms with Crippen molar-refractivity contribution in [3.8, 4) is 6.07 Å². The zero-order chi connectivity index (χ0) is 13.2. The molecule has 2 rings (SSSR count). The van der Waals surface area contributed by atoms with Crippen molar-refractivity contribution in [1.82, 2.24) is 5.32 Å². The highest BCUT2D eigenvalue weighted by Crippen LogP contribution is 2.56. The summed E-state index contributed by atoms with van der Waals surface area (Å²) in [5.74, 6) is -0.144. The van der Waals surface area contributed by atoms with Crippen LogP contribution in [0.25, 0.3) is 0 Å². The standard InChI is InChI=1S/C13H18N2O2S/c1-2-3-4-5-6-18-13-9(8-14)7-10(13)11(16)15-12(13)17/h9-10H,2-7H2,1H3,(H,15,16,17)/t9-,10?,13-/m1/s1. The van der Waals surface area contributed by atoms with Gasteiger partial charge in [0.2, 0.25) is 11.8 Å². The topological polar surface area (TPSA) is 70.0 Å². The number of imide groups is 1. The molecule has 0 aromatic carbocycles. The van der Waals surface area contributed by atoms with Gasteiger partial charge in [-0.05, 0) is 18.6 Å². The molecule has 1 N–H and O–H groups in total. The molecular formula is C13H18N2O2S. The van der Waals surface area contributed by atoms with Gasteiger partial charge in [-0.3, -0.25) is 14.9 Å². The predicted octanol–water partition coefficient (Wildman–Crippen LogP) is 1.85. The van der Waals surface area contributed by atoms with Gasteiger partial charge in [0.1, 0.15) is 4.75 Å². The summed E-state index contributed by atoms with van der Waals surface area (Å²) >= 11 is 1.52. The fourth-order valence-corrected chi connectivity index (χ4v) is 4.39. The van der Waals surface area contributed by atoms with Crippen molar-refractivity contribution in [3.63, 3.8) is 0 Å². The van der Waals surface area contributed by atoms with Crippen molar-refractivity contribution in [3.05, 3.63) is 0 Å². The number of rotatable bonds is 6. The van der Waals surface area contributed by atoms with Crippen molar-refractivity contribution in [2.24, 2.45) is 11.8 Å². The van der Waals surface area contributed by atoms with E-state index in [0.717, 1.165) is 18.6 Å². The number of nitriles is 1. The van der Waals surface area contributed by atoms with Gasteiger partial charge in [0, 0.05) is 0 Å². The van der Waals surface area contributed by atoms with Crippen LogP contribution in [0.4, 0.5) is 0 Å². The van der Waals surface area contributed by atoms with Crippen molar-refractivity contribution < 1.29 is 9.59 Å². The number of hydrogen-bond acceptors (Lipinski definition) is 4. The minimum absolute atomic E-state index is 0.187. The Kier molecular flexibility index (Phi) is 3.96. The summed E-state index contributed by atoms with van der Waals surface area (Å²) in [6, 6.07) is 2.18. The molecule has 1 saturated heterocycles. The lowest BCUT2D eigenvalue weighted by Crippen LogP contribution is -2.55. The highest BCUT2D eigenvalue weighted by Gasteiger charge is 2.68. The zero-order valence-corrected chi connectivity index (χ0v) is 11.4. The molecule has 0 aromatic heterocycles. The fourth-order valence-electron chi connectivity index (χ4n) is 2.77. The van der Waals surface area contributed by atoms with Crippen LogP contribution in [0.15, 0.2) is 0 Å². The van der Waals surface area contributed by atoms with Crippen LogP contribution >= 0.6 is 11.8 Å². The second-order valence-corrected chi connectivity index (χ2v) is 6.36. The van der Waals surface area contributed by atoms with Crippen LogP contribution in [0.5, 0.6) is 0 Å². The lowest BCUT2D eigenvalue weighted by molar-refractivity contribution is -0.125. The Hall–Kier alpha value is -1.02. The van der Waals surface area contributed by atoms with Crippen molar-refractivity contribution >= 4 is 23.6 Å². The Balaban J connectivity index is 1.96. The average Bonchev–Trinajstić information content (AvgIpc) is 2.49. The van der Waals surface area contributed by atoms with E-state index in [0.29, 0.717) is 6.42 Å². The number of amides is 2. The van der Waals surface area contributed by atoms with Crippen molar-refractivity contribution in [2.45, 2.75) is 43.8 Å². The van der Waals surface area contributed by atoms with E-state index in [2.05, 4.69) is 18.3 Å². The monoisotopic (exact) mass is 266 g/mol. The van der Waals surface area contributed by atoms with Crippen LogP contribution in [0.3, 0.4) is 0 Å². The van der Waals surface area contributed by atoms with Crippen molar-refractivity contribution in [2.75, 3.05) is 5.75 Å². The summed E-state index contributed by atoms with van der Waals surface area (Å²) < 4.78 is -0.766. The summed E-state index contributed by atoms with van der Waals surface area (Å²) in [7, 11) is 0. The summed E-state index contributed by atoms with van der Waals surface area (Å²) in [6.45, 7) is 2.16. The molecule has 18 heavy (non-hydrogen) atoms. The van der Waals surface area contributed by atoms with E-state index in [4.69, 9.17) is 5.26 Å². The van der Waals surface area contributed by atoms with Crippen LogP contribution in [-0.2, 0) is 9.59 Å². The molecule has 1 heterocycles. The van der Waals surface area contributed by atoms with Gasteiger partial charge in [-0.25, -0.2) is 0 Å². The van der Waals surface area contributed by atoms with E-state index in [1.807, 2.05) is 0 Å². The third kappa shape index (κ3) is 1.93. The molecule has 2 aliphatic rings. The maximum absolute atomic E-state index is 12.0. The molecule has 0 bridgehead atoms. The first kappa shape index (κ1) is 13.4. The van der Waals surface area contributed by atoms with Gasteiger partial charge in [0.25, 0.3) is 0 Å². The quantitative estimate of drug-likeness (QED) is 0.588. The highest BCUT2D eigenvalue weighted by molar-refractivity contribution is 8.01. The number of carbonyl (C=O) groups is 2. The SMILES string of the molecule is CCCCCCS[C@@]12C(=O)NC(=O)C1C[C@@H]2C#N. The Bertz CT molecular complexity index is 404. The third-order valence-corrected chi connectivity index (χ3v) is 5.63. The van der Waals surface area contributed by atoms with Gasteiger partial charge >= 0.3 is 0 Å². The molecule has 1 saturated carbocycles. The van der Waals surface area contributed by atoms with Gasteiger partial charge in [-0.15, -0.1) is 11.8 Å². The molecule has 3 atom stereocenters. The van der Waals surface area contributed by atoms with E-state index in [1.165, 1.54) is 24.6 Å². The molecule has 1 aliphatic carbocycles. The highest BCUT2D eigenvalue weighted by atomic mass is 32.2. The smallest absolute Gasteiger partial charge is 0.244 e.